The number of aromatic amines is 1. The van der Waals surface area contributed by atoms with Gasteiger partial charge in [-0.2, -0.15) is 0 Å². The topological polar surface area (TPSA) is 201 Å². The van der Waals surface area contributed by atoms with Crippen molar-refractivity contribution in [2.75, 3.05) is 13.7 Å². The van der Waals surface area contributed by atoms with Gasteiger partial charge in [-0.1, -0.05) is 137 Å². The van der Waals surface area contributed by atoms with Gasteiger partial charge in [0.25, 0.3) is 0 Å². The second-order valence-electron chi connectivity index (χ2n) is 18.5. The molecule has 14 heteroatoms. The number of esters is 1. The zero-order chi connectivity index (χ0) is 47.8. The number of benzene rings is 3. The molecule has 3 aromatic carbocycles. The average molecular weight is 921 g/mol. The normalized spacial score (nSPS) is 15.1. The first-order chi connectivity index (χ1) is 32.5. The maximum Gasteiger partial charge on any atom is 0.407 e. The lowest BCUT2D eigenvalue weighted by Crippen LogP contribution is -2.55. The molecule has 6 N–H and O–H groups in total. The molecule has 1 heterocycles. The molecule has 0 bridgehead atoms. The molecular weight excluding hydrogens is 849 g/mol. The van der Waals surface area contributed by atoms with Crippen LogP contribution in [0.15, 0.2) is 104 Å². The third kappa shape index (κ3) is 18.6. The first-order valence-electron chi connectivity index (χ1n) is 24.1. The summed E-state index contributed by atoms with van der Waals surface area (Å²) in [6.45, 7) is 4.46. The van der Waals surface area contributed by atoms with Crippen LogP contribution >= 0.6 is 0 Å². The fourth-order valence-corrected chi connectivity index (χ4v) is 9.00. The van der Waals surface area contributed by atoms with E-state index in [-0.39, 0.29) is 49.5 Å². The number of nitrogens with one attached hydrogen (secondary N) is 5. The molecule has 4 aromatic rings. The van der Waals surface area contributed by atoms with Gasteiger partial charge in [-0.3, -0.25) is 14.4 Å². The van der Waals surface area contributed by atoms with Gasteiger partial charge in [0.05, 0.1) is 25.6 Å². The zero-order valence-corrected chi connectivity index (χ0v) is 39.5. The Bertz CT molecular complexity index is 2020. The van der Waals surface area contributed by atoms with Gasteiger partial charge in [0.1, 0.15) is 18.7 Å². The standard InChI is InChI=1S/C53H72N6O8/c1-37(2)28-42(49(61)57-45(52(64)66-3)26-16-17-27-55-53(65)67-35-41-24-14-7-15-25-41)32-48(60)46(31-40-22-12-6-13-23-40)58-51(63)47(33-44-34-54-36-56-44)59-50(62)43(29-38-18-8-4-9-19-38)30-39-20-10-5-11-21-39/h4-5,7-11,14-15,18-21,24-25,34,36-37,40,42-43,45-48,60H,6,12-13,16-17,22-23,26-33,35H2,1-3H3,(H,54,56)(H,55,65)(H,57,61)(H,58,63)(H,59,62)/t42-,45+,46+,47+,48+/m1/s1. The summed E-state index contributed by atoms with van der Waals surface area (Å²) in [5, 5.41) is 24.1. The average Bonchev–Trinajstić information content (AvgIpc) is 3.86. The van der Waals surface area contributed by atoms with Crippen LogP contribution in [0.4, 0.5) is 4.79 Å². The van der Waals surface area contributed by atoms with Crippen molar-refractivity contribution in [2.24, 2.45) is 23.7 Å². The smallest absolute Gasteiger partial charge is 0.407 e. The van der Waals surface area contributed by atoms with Gasteiger partial charge in [0.15, 0.2) is 0 Å². The molecule has 5 rings (SSSR count). The van der Waals surface area contributed by atoms with Crippen molar-refractivity contribution in [1.29, 1.82) is 0 Å². The highest BCUT2D eigenvalue weighted by atomic mass is 16.5. The third-order valence-electron chi connectivity index (χ3n) is 12.6. The number of hydrogen-bond acceptors (Lipinski definition) is 9. The molecular formula is C53H72N6O8. The van der Waals surface area contributed by atoms with Crippen molar-refractivity contribution in [3.05, 3.63) is 126 Å². The fourth-order valence-electron chi connectivity index (χ4n) is 9.00. The number of alkyl carbamates (subject to hydrolysis) is 1. The quantitative estimate of drug-likeness (QED) is 0.0265. The number of carbonyl (C=O) groups excluding carboxylic acids is 5. The Morgan fingerprint density at radius 1 is 0.716 bits per heavy atom. The Balaban J connectivity index is 1.26. The van der Waals surface area contributed by atoms with Crippen molar-refractivity contribution < 1.29 is 38.6 Å². The Hall–Kier alpha value is -6.02. The van der Waals surface area contributed by atoms with E-state index >= 15 is 0 Å². The zero-order valence-electron chi connectivity index (χ0n) is 39.5. The van der Waals surface area contributed by atoms with E-state index in [1.165, 1.54) is 13.4 Å². The summed E-state index contributed by atoms with van der Waals surface area (Å²) in [4.78, 5) is 75.5. The SMILES string of the molecule is COC(=O)[C@H](CCCCNC(=O)OCc1ccccc1)NC(=O)[C@H](CC(C)C)C[C@H](O)[C@H](CC1CCCCC1)NC(=O)[C@H](Cc1cnc[nH]1)NC(=O)C(Cc1ccccc1)Cc1ccccc1. The van der Waals surface area contributed by atoms with Gasteiger partial charge >= 0.3 is 12.1 Å². The molecule has 0 spiro atoms. The highest BCUT2D eigenvalue weighted by Crippen LogP contribution is 2.30. The molecule has 0 aliphatic heterocycles. The Kier molecular flexibility index (Phi) is 21.9. The van der Waals surface area contributed by atoms with Crippen molar-refractivity contribution in [3.8, 4) is 0 Å². The van der Waals surface area contributed by atoms with Crippen LogP contribution in [0.2, 0.25) is 0 Å². The summed E-state index contributed by atoms with van der Waals surface area (Å²) < 4.78 is 10.4. The maximum absolute atomic E-state index is 14.6. The third-order valence-corrected chi connectivity index (χ3v) is 12.6. The molecule has 1 aromatic heterocycles. The molecule has 0 saturated heterocycles. The number of nitrogens with zero attached hydrogens (tertiary/aromatic N) is 1. The molecule has 1 aliphatic carbocycles. The Morgan fingerprint density at radius 2 is 1.31 bits per heavy atom. The molecule has 1 aliphatic rings. The monoisotopic (exact) mass is 921 g/mol. The number of aliphatic hydroxyl groups excluding tert-OH is 1. The predicted molar refractivity (Wildman–Crippen MR) is 257 cm³/mol. The summed E-state index contributed by atoms with van der Waals surface area (Å²) in [6, 6.07) is 26.4. The summed E-state index contributed by atoms with van der Waals surface area (Å²) >= 11 is 0. The molecule has 0 radical (unpaired) electrons. The summed E-state index contributed by atoms with van der Waals surface area (Å²) in [5.41, 5.74) is 3.56. The van der Waals surface area contributed by atoms with Crippen molar-refractivity contribution in [1.82, 2.24) is 31.2 Å². The highest BCUT2D eigenvalue weighted by molar-refractivity contribution is 5.89. The summed E-state index contributed by atoms with van der Waals surface area (Å²) in [7, 11) is 1.27. The number of H-pyrrole nitrogens is 1. The molecule has 5 atom stereocenters. The summed E-state index contributed by atoms with van der Waals surface area (Å²) in [6.07, 6.45) is 10.1. The maximum atomic E-state index is 14.6. The van der Waals surface area contributed by atoms with Crippen LogP contribution in [0, 0.1) is 23.7 Å². The van der Waals surface area contributed by atoms with Crippen molar-refractivity contribution in [3.63, 3.8) is 0 Å². The van der Waals surface area contributed by atoms with E-state index < -0.39 is 54.0 Å². The highest BCUT2D eigenvalue weighted by Gasteiger charge is 2.35. The minimum absolute atomic E-state index is 0.0401. The molecule has 14 nitrogen and oxygen atoms in total. The number of imidazole rings is 1. The Morgan fingerprint density at radius 3 is 1.90 bits per heavy atom. The lowest BCUT2D eigenvalue weighted by Gasteiger charge is -2.33. The van der Waals surface area contributed by atoms with Crippen LogP contribution in [0.1, 0.15) is 107 Å². The van der Waals surface area contributed by atoms with E-state index in [9.17, 15) is 29.1 Å². The second kappa shape index (κ2) is 28.2. The number of amides is 4. The van der Waals surface area contributed by atoms with E-state index in [1.807, 2.05) is 105 Å². The fraction of sp³-hybridized carbons (Fsp3) is 0.509. The number of aromatic nitrogens is 2. The Labute approximate surface area is 396 Å². The first kappa shape index (κ1) is 52.0. The number of aliphatic hydroxyl groups is 1. The van der Waals surface area contributed by atoms with Gasteiger partial charge in [0.2, 0.25) is 17.7 Å². The van der Waals surface area contributed by atoms with E-state index in [2.05, 4.69) is 31.2 Å². The number of hydrogen-bond donors (Lipinski definition) is 6. The number of carbonyl (C=O) groups is 5. The number of rotatable bonds is 27. The minimum Gasteiger partial charge on any atom is -0.467 e. The van der Waals surface area contributed by atoms with E-state index in [0.29, 0.717) is 50.8 Å². The van der Waals surface area contributed by atoms with Gasteiger partial charge < -0.3 is 40.8 Å². The number of unbranched alkanes of at least 4 members (excludes halogenated alkanes) is 1. The lowest BCUT2D eigenvalue weighted by molar-refractivity contribution is -0.146. The van der Waals surface area contributed by atoms with Crippen molar-refractivity contribution in [2.45, 2.75) is 135 Å². The van der Waals surface area contributed by atoms with Crippen LogP contribution in [-0.4, -0.2) is 82.7 Å². The van der Waals surface area contributed by atoms with Crippen LogP contribution in [0.5, 0.6) is 0 Å². The number of methoxy groups -OCH3 is 1. The van der Waals surface area contributed by atoms with Crippen LogP contribution in [0.25, 0.3) is 0 Å². The van der Waals surface area contributed by atoms with Crippen LogP contribution in [-0.2, 0) is 54.5 Å². The first-order valence-corrected chi connectivity index (χ1v) is 24.1. The van der Waals surface area contributed by atoms with Crippen LogP contribution in [0.3, 0.4) is 0 Å². The van der Waals surface area contributed by atoms with E-state index in [0.717, 1.165) is 48.8 Å². The predicted octanol–water partition coefficient (Wildman–Crippen LogP) is 7.16. The number of ether oxygens (including phenoxy) is 2. The van der Waals surface area contributed by atoms with Crippen molar-refractivity contribution >= 4 is 29.8 Å². The molecule has 362 valence electrons. The second-order valence-corrected chi connectivity index (χ2v) is 18.5. The molecule has 1 fully saturated rings. The van der Waals surface area contributed by atoms with Gasteiger partial charge in [-0.15, -0.1) is 0 Å². The lowest BCUT2D eigenvalue weighted by atomic mass is 9.81. The minimum atomic E-state index is -1.11. The molecule has 67 heavy (non-hydrogen) atoms. The van der Waals surface area contributed by atoms with Crippen LogP contribution < -0.4 is 21.3 Å². The van der Waals surface area contributed by atoms with Gasteiger partial charge in [-0.25, -0.2) is 14.6 Å². The molecule has 0 unspecified atom stereocenters. The van der Waals surface area contributed by atoms with Gasteiger partial charge in [0, 0.05) is 36.7 Å². The largest absolute Gasteiger partial charge is 0.467 e. The molecule has 4 amide bonds. The van der Waals surface area contributed by atoms with E-state index in [1.54, 1.807) is 6.20 Å². The summed E-state index contributed by atoms with van der Waals surface area (Å²) in [5.74, 6) is -2.50. The molecule has 1 saturated carbocycles. The van der Waals surface area contributed by atoms with Gasteiger partial charge in [-0.05, 0) is 79.9 Å². The van der Waals surface area contributed by atoms with E-state index in [4.69, 9.17) is 9.47 Å².